The van der Waals surface area contributed by atoms with E-state index in [-0.39, 0.29) is 31.4 Å². The van der Waals surface area contributed by atoms with Crippen LogP contribution < -0.4 is 0 Å². The number of carbonyl (C=O) groups is 1. The van der Waals surface area contributed by atoms with E-state index in [9.17, 15) is 25.2 Å². The van der Waals surface area contributed by atoms with Crippen molar-refractivity contribution in [3.05, 3.63) is 0 Å². The zero-order chi connectivity index (χ0) is 41.1. The first kappa shape index (κ1) is 46.9. The Morgan fingerprint density at radius 1 is 0.870 bits per heavy atom. The second kappa shape index (κ2) is 18.8. The van der Waals surface area contributed by atoms with Crippen LogP contribution in [0.1, 0.15) is 94.9 Å². The molecule has 4 N–H and O–H groups in total. The lowest BCUT2D eigenvalue weighted by Gasteiger charge is -2.50. The molecule has 0 radical (unpaired) electrons. The highest BCUT2D eigenvalue weighted by molar-refractivity contribution is 5.88. The highest BCUT2D eigenvalue weighted by Crippen LogP contribution is 2.42. The van der Waals surface area contributed by atoms with Crippen LogP contribution in [-0.4, -0.2) is 157 Å². The van der Waals surface area contributed by atoms with Crippen LogP contribution in [0, 0.1) is 23.7 Å². The summed E-state index contributed by atoms with van der Waals surface area (Å²) in [7, 11) is 8.29. The van der Waals surface area contributed by atoms with Crippen molar-refractivity contribution in [3.63, 3.8) is 0 Å². The molecule has 0 amide bonds. The summed E-state index contributed by atoms with van der Waals surface area (Å²) >= 11 is 0. The topological polar surface area (TPSA) is 187 Å². The predicted molar refractivity (Wildman–Crippen MR) is 200 cm³/mol. The van der Waals surface area contributed by atoms with Crippen molar-refractivity contribution in [3.8, 4) is 0 Å². The maximum absolute atomic E-state index is 14.3. The van der Waals surface area contributed by atoms with E-state index in [1.807, 2.05) is 46.7 Å². The molecule has 54 heavy (non-hydrogen) atoms. The van der Waals surface area contributed by atoms with Gasteiger partial charge in [0, 0.05) is 44.4 Å². The lowest BCUT2D eigenvalue weighted by Crippen LogP contribution is -2.61. The van der Waals surface area contributed by atoms with Crippen LogP contribution in [0.5, 0.6) is 0 Å². The average molecular weight is 777 g/mol. The number of carbonyl (C=O) groups excluding carboxylic acids is 1. The molecule has 0 aliphatic carbocycles. The van der Waals surface area contributed by atoms with Crippen LogP contribution >= 0.6 is 0 Å². The molecular formula is C39H72N2O13. The third-order valence-electron chi connectivity index (χ3n) is 12.5. The van der Waals surface area contributed by atoms with E-state index in [1.54, 1.807) is 41.7 Å². The van der Waals surface area contributed by atoms with Crippen molar-refractivity contribution >= 4 is 11.7 Å². The van der Waals surface area contributed by atoms with Crippen LogP contribution in [0.4, 0.5) is 0 Å². The van der Waals surface area contributed by atoms with Gasteiger partial charge in [-0.25, -0.2) is 0 Å². The van der Waals surface area contributed by atoms with Gasteiger partial charge in [-0.1, -0.05) is 32.9 Å². The monoisotopic (exact) mass is 777 g/mol. The molecule has 3 fully saturated rings. The average Bonchev–Trinajstić information content (AvgIpc) is 3.11. The number of cyclic esters (lactones) is 1. The van der Waals surface area contributed by atoms with Crippen LogP contribution in [0.25, 0.3) is 0 Å². The zero-order valence-corrected chi connectivity index (χ0v) is 35.3. The van der Waals surface area contributed by atoms with Crippen molar-refractivity contribution < 1.29 is 63.2 Å². The highest BCUT2D eigenvalue weighted by Gasteiger charge is 2.54. The van der Waals surface area contributed by atoms with Crippen LogP contribution in [0.2, 0.25) is 0 Å². The predicted octanol–water partition coefficient (Wildman–Crippen LogP) is 2.87. The summed E-state index contributed by atoms with van der Waals surface area (Å²) in [6.07, 6.45) is -8.10. The van der Waals surface area contributed by atoms with E-state index < -0.39 is 102 Å². The van der Waals surface area contributed by atoms with E-state index in [4.69, 9.17) is 38.0 Å². The fourth-order valence-electron chi connectivity index (χ4n) is 8.87. The normalized spacial score (nSPS) is 48.3. The first-order valence-corrected chi connectivity index (χ1v) is 19.5. The number of rotatable bonds is 9. The van der Waals surface area contributed by atoms with Crippen LogP contribution in [0.15, 0.2) is 5.16 Å². The minimum Gasteiger partial charge on any atom is -0.459 e. The van der Waals surface area contributed by atoms with Gasteiger partial charge < -0.3 is 63.3 Å². The van der Waals surface area contributed by atoms with E-state index in [0.29, 0.717) is 12.1 Å². The number of methoxy groups -OCH3 is 2. The molecule has 316 valence electrons. The molecule has 15 heteroatoms. The Hall–Kier alpha value is -1.50. The molecule has 3 aliphatic rings. The summed E-state index contributed by atoms with van der Waals surface area (Å²) in [4.78, 5) is 21.5. The van der Waals surface area contributed by atoms with Gasteiger partial charge in [-0.3, -0.25) is 4.79 Å². The van der Waals surface area contributed by atoms with Gasteiger partial charge in [0.1, 0.15) is 31.0 Å². The second-order valence-corrected chi connectivity index (χ2v) is 16.9. The lowest BCUT2D eigenvalue weighted by atomic mass is 9.73. The van der Waals surface area contributed by atoms with Crippen molar-refractivity contribution in [1.29, 1.82) is 0 Å². The second-order valence-electron chi connectivity index (χ2n) is 16.9. The molecule has 0 unspecified atom stereocenters. The summed E-state index contributed by atoms with van der Waals surface area (Å²) in [5.74, 6) is -3.49. The van der Waals surface area contributed by atoms with Crippen molar-refractivity contribution in [1.82, 2.24) is 4.90 Å². The summed E-state index contributed by atoms with van der Waals surface area (Å²) in [5, 5.41) is 50.6. The Balaban J connectivity index is 2.27. The number of esters is 1. The number of aliphatic hydroxyl groups is 4. The number of likely N-dealkylation sites (N-methyl/N-ethyl adjacent to an activating group) is 1. The first-order valence-electron chi connectivity index (χ1n) is 19.5. The van der Waals surface area contributed by atoms with Crippen LogP contribution in [-0.2, 0) is 42.8 Å². The minimum absolute atomic E-state index is 0.143. The van der Waals surface area contributed by atoms with Crippen molar-refractivity contribution in [2.24, 2.45) is 28.8 Å². The SMILES string of the molecule is CC[C@H]1OC(=O)[C@H](C)[C@@H](O[C@H]2C[C@@](C)(OC)[C@@H](O)[C@H](C)O2)[C@H](C)[C@@H](O[C@@H]2O[C@H](C)C[C@H](N(C)C)[C@H]2O)[C@](C)(OC)C[C@@H](C)/C(=N/OC)[C@H](C)[C@@H](O)[C@]1(C)O. The molecule has 3 heterocycles. The number of hydrogen-bond donors (Lipinski definition) is 4. The molecule has 3 rings (SSSR count). The molecule has 3 aliphatic heterocycles. The fourth-order valence-corrected chi connectivity index (χ4v) is 8.87. The van der Waals surface area contributed by atoms with Gasteiger partial charge in [0.2, 0.25) is 0 Å². The van der Waals surface area contributed by atoms with Crippen LogP contribution in [0.3, 0.4) is 0 Å². The summed E-state index contributed by atoms with van der Waals surface area (Å²) < 4.78 is 44.4. The summed E-state index contributed by atoms with van der Waals surface area (Å²) in [5.41, 5.74) is -3.61. The number of ether oxygens (including phenoxy) is 7. The number of nitrogens with zero attached hydrogens (tertiary/aromatic N) is 2. The molecule has 3 saturated heterocycles. The standard InChI is InChI=1S/C39H72N2O13/c1-16-27-39(10,46)32(43)22(4)29(40-49-15)20(2)18-38(9,48-14)34(54-36-30(42)26(41(11)12)17-21(3)50-36)23(5)31(24(6)35(45)52-27)53-28-19-37(8,47-13)33(44)25(7)51-28/h20-28,30-34,36,42-44,46H,16-19H2,1-15H3/b40-29-/t20-,21-,22+,23+,24-,25+,26+,27-,28+,30-,31+,32-,33+,34-,36+,37-,38-,39-/m1/s1. The lowest BCUT2D eigenvalue weighted by molar-refractivity contribution is -0.319. The Morgan fingerprint density at radius 3 is 2.02 bits per heavy atom. The number of aliphatic hydroxyl groups excluding tert-OH is 3. The molecule has 15 nitrogen and oxygen atoms in total. The third-order valence-corrected chi connectivity index (χ3v) is 12.5. The van der Waals surface area contributed by atoms with Gasteiger partial charge in [-0.2, -0.15) is 0 Å². The molecule has 0 aromatic rings. The van der Waals surface area contributed by atoms with E-state index >= 15 is 0 Å². The molecule has 0 aromatic carbocycles. The molecule has 0 aromatic heterocycles. The smallest absolute Gasteiger partial charge is 0.311 e. The molecule has 0 bridgehead atoms. The van der Waals surface area contributed by atoms with Gasteiger partial charge in [0.15, 0.2) is 12.6 Å². The van der Waals surface area contributed by atoms with Gasteiger partial charge in [0.05, 0.1) is 53.4 Å². The molecule has 18 atom stereocenters. The third kappa shape index (κ3) is 9.95. The van der Waals surface area contributed by atoms with E-state index in [0.717, 1.165) is 0 Å². The molecule has 0 spiro atoms. The van der Waals surface area contributed by atoms with Gasteiger partial charge in [-0.05, 0) is 74.9 Å². The number of hydrogen-bond acceptors (Lipinski definition) is 15. The maximum atomic E-state index is 14.3. The Morgan fingerprint density at radius 2 is 1.48 bits per heavy atom. The fraction of sp³-hybridized carbons (Fsp3) is 0.949. The Kier molecular flexibility index (Phi) is 16.4. The first-order chi connectivity index (χ1) is 25.0. The summed E-state index contributed by atoms with van der Waals surface area (Å²) in [6, 6.07) is -0.266. The van der Waals surface area contributed by atoms with Gasteiger partial charge in [0.25, 0.3) is 0 Å². The summed E-state index contributed by atoms with van der Waals surface area (Å²) in [6.45, 7) is 17.8. The van der Waals surface area contributed by atoms with Gasteiger partial charge >= 0.3 is 5.97 Å². The molecule has 0 saturated carbocycles. The largest absolute Gasteiger partial charge is 0.459 e. The van der Waals surface area contributed by atoms with Gasteiger partial charge in [-0.15, -0.1) is 0 Å². The minimum atomic E-state index is -1.88. The van der Waals surface area contributed by atoms with Crippen molar-refractivity contribution in [2.75, 3.05) is 35.4 Å². The quantitative estimate of drug-likeness (QED) is 0.198. The number of oxime groups is 1. The molecular weight excluding hydrogens is 704 g/mol. The maximum Gasteiger partial charge on any atom is 0.311 e. The Bertz CT molecular complexity index is 1240. The highest BCUT2D eigenvalue weighted by atomic mass is 16.7. The van der Waals surface area contributed by atoms with E-state index in [2.05, 4.69) is 5.16 Å². The van der Waals surface area contributed by atoms with E-state index in [1.165, 1.54) is 21.1 Å². The Labute approximate surface area is 322 Å². The van der Waals surface area contributed by atoms with Crippen molar-refractivity contribution in [2.45, 2.75) is 179 Å². The zero-order valence-electron chi connectivity index (χ0n) is 35.3.